The van der Waals surface area contributed by atoms with Crippen LogP contribution in [0, 0.1) is 5.82 Å². The van der Waals surface area contributed by atoms with E-state index in [2.05, 4.69) is 10.2 Å². The monoisotopic (exact) mass is 514 g/mol. The first kappa shape index (κ1) is 24.4. The fourth-order valence-corrected chi connectivity index (χ4v) is 6.13. The van der Waals surface area contributed by atoms with E-state index in [-0.39, 0.29) is 23.6 Å². The van der Waals surface area contributed by atoms with Gasteiger partial charge in [0.05, 0.1) is 19.3 Å². The maximum atomic E-state index is 15.1. The molecular weight excluding hydrogens is 493 g/mol. The Morgan fingerprint density at radius 2 is 1.94 bits per heavy atom. The van der Waals surface area contributed by atoms with Crippen molar-refractivity contribution in [2.24, 2.45) is 0 Å². The van der Waals surface area contributed by atoms with E-state index >= 15 is 4.39 Å². The van der Waals surface area contributed by atoms with Crippen molar-refractivity contribution in [2.75, 3.05) is 36.0 Å². The Morgan fingerprint density at radius 1 is 1.18 bits per heavy atom. The molecule has 1 aromatic heterocycles. The summed E-state index contributed by atoms with van der Waals surface area (Å²) in [5.74, 6) is -0.0863. The molecule has 8 nitrogen and oxygen atoms in total. The molecule has 0 aliphatic carbocycles. The SMILES string of the molecule is COc1cccc(N(Cc2ccc(-c3nnc(C(F)F)o3)cc2F)S(=O)(=O)N2CCSCC2)c1. The summed E-state index contributed by atoms with van der Waals surface area (Å²) >= 11 is 1.67. The van der Waals surface area contributed by atoms with Crippen molar-refractivity contribution in [3.63, 3.8) is 0 Å². The lowest BCUT2D eigenvalue weighted by Gasteiger charge is -2.33. The Bertz CT molecular complexity index is 1250. The molecule has 1 saturated heterocycles. The van der Waals surface area contributed by atoms with Gasteiger partial charge in [0.25, 0.3) is 5.89 Å². The molecule has 4 rings (SSSR count). The van der Waals surface area contributed by atoms with E-state index < -0.39 is 28.3 Å². The van der Waals surface area contributed by atoms with Gasteiger partial charge in [0.2, 0.25) is 5.89 Å². The highest BCUT2D eigenvalue weighted by atomic mass is 32.2. The molecule has 1 aliphatic heterocycles. The molecule has 0 saturated carbocycles. The average molecular weight is 515 g/mol. The van der Waals surface area contributed by atoms with Gasteiger partial charge in [0.1, 0.15) is 11.6 Å². The molecule has 0 N–H and O–H groups in total. The number of nitrogens with zero attached hydrogens (tertiary/aromatic N) is 4. The highest BCUT2D eigenvalue weighted by molar-refractivity contribution is 7.99. The van der Waals surface area contributed by atoms with Crippen molar-refractivity contribution in [3.05, 3.63) is 59.7 Å². The molecule has 0 spiro atoms. The summed E-state index contributed by atoms with van der Waals surface area (Å²) in [5.41, 5.74) is 0.499. The van der Waals surface area contributed by atoms with Gasteiger partial charge in [0, 0.05) is 41.8 Å². The molecule has 0 unspecified atom stereocenters. The van der Waals surface area contributed by atoms with E-state index in [1.807, 2.05) is 0 Å². The number of ether oxygens (including phenoxy) is 1. The van der Waals surface area contributed by atoms with Crippen LogP contribution in [0.4, 0.5) is 18.9 Å². The Morgan fingerprint density at radius 3 is 2.59 bits per heavy atom. The van der Waals surface area contributed by atoms with Crippen LogP contribution in [0.15, 0.2) is 46.9 Å². The van der Waals surface area contributed by atoms with Crippen LogP contribution in [0.25, 0.3) is 11.5 Å². The number of aromatic nitrogens is 2. The number of thioether (sulfide) groups is 1. The fourth-order valence-electron chi connectivity index (χ4n) is 3.39. The molecule has 0 amide bonds. The first-order valence-electron chi connectivity index (χ1n) is 10.2. The topological polar surface area (TPSA) is 88.8 Å². The van der Waals surface area contributed by atoms with Crippen molar-refractivity contribution in [1.82, 2.24) is 14.5 Å². The maximum Gasteiger partial charge on any atom is 0.314 e. The van der Waals surface area contributed by atoms with Crippen molar-refractivity contribution in [3.8, 4) is 17.2 Å². The van der Waals surface area contributed by atoms with Gasteiger partial charge in [0.15, 0.2) is 0 Å². The highest BCUT2D eigenvalue weighted by Gasteiger charge is 2.32. The van der Waals surface area contributed by atoms with Crippen LogP contribution in [-0.4, -0.2) is 54.6 Å². The van der Waals surface area contributed by atoms with Gasteiger partial charge in [-0.15, -0.1) is 10.2 Å². The molecule has 2 aromatic carbocycles. The summed E-state index contributed by atoms with van der Waals surface area (Å²) in [4.78, 5) is 0. The number of benzene rings is 2. The third kappa shape index (κ3) is 5.15. The molecule has 3 aromatic rings. The van der Waals surface area contributed by atoms with E-state index in [0.717, 1.165) is 10.4 Å². The van der Waals surface area contributed by atoms with Gasteiger partial charge in [-0.2, -0.15) is 33.3 Å². The predicted octanol–water partition coefficient (Wildman–Crippen LogP) is 4.12. The van der Waals surface area contributed by atoms with Crippen molar-refractivity contribution >= 4 is 27.7 Å². The zero-order valence-electron chi connectivity index (χ0n) is 18.0. The first-order chi connectivity index (χ1) is 16.3. The van der Waals surface area contributed by atoms with Gasteiger partial charge in [-0.1, -0.05) is 12.1 Å². The van der Waals surface area contributed by atoms with E-state index in [4.69, 9.17) is 9.15 Å². The normalized spacial score (nSPS) is 15.0. The molecule has 0 bridgehead atoms. The molecule has 1 fully saturated rings. The fraction of sp³-hybridized carbons (Fsp3) is 0.333. The lowest BCUT2D eigenvalue weighted by Crippen LogP contribution is -2.47. The summed E-state index contributed by atoms with van der Waals surface area (Å²) in [6, 6.07) is 10.3. The summed E-state index contributed by atoms with van der Waals surface area (Å²) in [6.45, 7) is 0.397. The van der Waals surface area contributed by atoms with E-state index in [1.54, 1.807) is 36.0 Å². The largest absolute Gasteiger partial charge is 0.497 e. The van der Waals surface area contributed by atoms with Gasteiger partial charge < -0.3 is 9.15 Å². The quantitative estimate of drug-likeness (QED) is 0.447. The van der Waals surface area contributed by atoms with Gasteiger partial charge in [-0.25, -0.2) is 4.39 Å². The zero-order chi connectivity index (χ0) is 24.3. The maximum absolute atomic E-state index is 15.1. The predicted molar refractivity (Wildman–Crippen MR) is 122 cm³/mol. The summed E-state index contributed by atoms with van der Waals surface area (Å²) < 4.78 is 80.2. The second-order valence-electron chi connectivity index (χ2n) is 7.28. The van der Waals surface area contributed by atoms with Crippen LogP contribution < -0.4 is 9.04 Å². The minimum atomic E-state index is -3.98. The number of anilines is 1. The van der Waals surface area contributed by atoms with Crippen LogP contribution in [0.5, 0.6) is 5.75 Å². The second kappa shape index (κ2) is 10.2. The van der Waals surface area contributed by atoms with Gasteiger partial charge in [-0.05, 0) is 24.3 Å². The smallest absolute Gasteiger partial charge is 0.314 e. The molecule has 13 heteroatoms. The van der Waals surface area contributed by atoms with Crippen LogP contribution in [-0.2, 0) is 16.8 Å². The van der Waals surface area contributed by atoms with Crippen molar-refractivity contribution < 1.29 is 30.7 Å². The lowest BCUT2D eigenvalue weighted by atomic mass is 10.1. The molecule has 0 atom stereocenters. The van der Waals surface area contributed by atoms with E-state index in [1.165, 1.54) is 23.5 Å². The minimum Gasteiger partial charge on any atom is -0.497 e. The number of rotatable bonds is 8. The highest BCUT2D eigenvalue weighted by Crippen LogP contribution is 2.30. The molecule has 1 aliphatic rings. The van der Waals surface area contributed by atoms with Crippen LogP contribution in [0.2, 0.25) is 0 Å². The Hall–Kier alpha value is -2.77. The zero-order valence-corrected chi connectivity index (χ0v) is 19.7. The van der Waals surface area contributed by atoms with Gasteiger partial charge >= 0.3 is 16.6 Å². The third-order valence-electron chi connectivity index (χ3n) is 5.16. The van der Waals surface area contributed by atoms with Crippen molar-refractivity contribution in [2.45, 2.75) is 13.0 Å². The second-order valence-corrected chi connectivity index (χ2v) is 10.4. The number of halogens is 3. The van der Waals surface area contributed by atoms with E-state index in [9.17, 15) is 17.2 Å². The van der Waals surface area contributed by atoms with Crippen LogP contribution in [0.1, 0.15) is 17.9 Å². The molecular formula is C21H21F3N4O4S2. The average Bonchev–Trinajstić information content (AvgIpc) is 3.34. The number of methoxy groups -OCH3 is 1. The van der Waals surface area contributed by atoms with Crippen LogP contribution >= 0.6 is 11.8 Å². The molecule has 0 radical (unpaired) electrons. The van der Waals surface area contributed by atoms with Crippen molar-refractivity contribution in [1.29, 1.82) is 0 Å². The minimum absolute atomic E-state index is 0.0788. The number of hydrogen-bond acceptors (Lipinski definition) is 7. The summed E-state index contributed by atoms with van der Waals surface area (Å²) in [6.07, 6.45) is -2.94. The lowest BCUT2D eigenvalue weighted by molar-refractivity contribution is 0.116. The van der Waals surface area contributed by atoms with Gasteiger partial charge in [-0.3, -0.25) is 4.31 Å². The summed E-state index contributed by atoms with van der Waals surface area (Å²) in [7, 11) is -2.51. The Labute approximate surface area is 198 Å². The Balaban J connectivity index is 1.68. The Kier molecular flexibility index (Phi) is 7.33. The number of alkyl halides is 2. The molecule has 34 heavy (non-hydrogen) atoms. The van der Waals surface area contributed by atoms with Crippen LogP contribution in [0.3, 0.4) is 0 Å². The third-order valence-corrected chi connectivity index (χ3v) is 8.01. The summed E-state index contributed by atoms with van der Waals surface area (Å²) in [5, 5.41) is 6.75. The number of hydrogen-bond donors (Lipinski definition) is 0. The molecule has 182 valence electrons. The standard InChI is InChI=1S/C21H21F3N4O4S2/c1-31-17-4-2-3-16(12-17)28(34(29,30)27-7-9-33-10-8-27)13-15-6-5-14(11-18(15)22)20-25-26-21(32-20)19(23)24/h2-6,11-12,19H,7-10,13H2,1H3. The molecule has 2 heterocycles. The van der Waals surface area contributed by atoms with E-state index in [0.29, 0.717) is 36.0 Å². The first-order valence-corrected chi connectivity index (χ1v) is 12.7.